The SMILES string of the molecule is Cc1nc(C(F)(F)F)ccc1S(=O)(=O)N1CC2(CN(CC3(C)COC3)C2)C1. The molecule has 27 heavy (non-hydrogen) atoms. The predicted octanol–water partition coefficient (Wildman–Crippen LogP) is 1.75. The van der Waals surface area contributed by atoms with E-state index in [0.29, 0.717) is 13.1 Å². The van der Waals surface area contributed by atoms with Crippen LogP contribution in [-0.4, -0.2) is 68.5 Å². The molecule has 0 unspecified atom stereocenters. The van der Waals surface area contributed by atoms with Crippen molar-refractivity contribution in [1.82, 2.24) is 14.2 Å². The normalized spacial score (nSPS) is 24.9. The van der Waals surface area contributed by atoms with Crippen LogP contribution in [0.25, 0.3) is 0 Å². The molecule has 1 aromatic heterocycles. The van der Waals surface area contributed by atoms with Crippen LogP contribution in [0.3, 0.4) is 0 Å². The molecule has 3 aliphatic rings. The number of nitrogens with zero attached hydrogens (tertiary/aromatic N) is 3. The number of sulfonamides is 1. The van der Waals surface area contributed by atoms with E-state index < -0.39 is 21.9 Å². The molecule has 0 bridgehead atoms. The number of ether oxygens (including phenoxy) is 1. The topological polar surface area (TPSA) is 62.7 Å². The van der Waals surface area contributed by atoms with Gasteiger partial charge in [0.05, 0.1) is 18.9 Å². The minimum atomic E-state index is -4.59. The predicted molar refractivity (Wildman–Crippen MR) is 90.5 cm³/mol. The first kappa shape index (κ1) is 19.1. The highest BCUT2D eigenvalue weighted by molar-refractivity contribution is 7.89. The number of aromatic nitrogens is 1. The lowest BCUT2D eigenvalue weighted by molar-refractivity contribution is -0.153. The van der Waals surface area contributed by atoms with E-state index in [1.54, 1.807) is 0 Å². The van der Waals surface area contributed by atoms with Crippen molar-refractivity contribution < 1.29 is 26.3 Å². The maximum Gasteiger partial charge on any atom is 0.433 e. The molecule has 4 rings (SSSR count). The van der Waals surface area contributed by atoms with Crippen LogP contribution in [0.2, 0.25) is 0 Å². The van der Waals surface area contributed by atoms with Gasteiger partial charge in [0.25, 0.3) is 0 Å². The molecule has 6 nitrogen and oxygen atoms in total. The molecule has 0 N–H and O–H groups in total. The summed E-state index contributed by atoms with van der Waals surface area (Å²) in [5.41, 5.74) is -1.04. The summed E-state index contributed by atoms with van der Waals surface area (Å²) in [6.07, 6.45) is -4.59. The lowest BCUT2D eigenvalue weighted by Gasteiger charge is -2.61. The fourth-order valence-corrected chi connectivity index (χ4v) is 6.11. The highest BCUT2D eigenvalue weighted by Crippen LogP contribution is 2.44. The fourth-order valence-electron chi connectivity index (χ4n) is 4.29. The van der Waals surface area contributed by atoms with Gasteiger partial charge in [-0.25, -0.2) is 13.4 Å². The number of alkyl halides is 3. The Morgan fingerprint density at radius 3 is 2.30 bits per heavy atom. The zero-order chi connectivity index (χ0) is 19.7. The summed E-state index contributed by atoms with van der Waals surface area (Å²) in [6.45, 7) is 8.44. The second kappa shape index (κ2) is 5.88. The smallest absolute Gasteiger partial charge is 0.380 e. The monoisotopic (exact) mass is 405 g/mol. The number of pyridine rings is 1. The van der Waals surface area contributed by atoms with E-state index in [-0.39, 0.29) is 21.4 Å². The van der Waals surface area contributed by atoms with E-state index in [9.17, 15) is 21.6 Å². The van der Waals surface area contributed by atoms with Crippen molar-refractivity contribution in [3.05, 3.63) is 23.5 Å². The van der Waals surface area contributed by atoms with Crippen molar-refractivity contribution in [2.45, 2.75) is 24.9 Å². The quantitative estimate of drug-likeness (QED) is 0.764. The van der Waals surface area contributed by atoms with Crippen molar-refractivity contribution >= 4 is 10.0 Å². The molecule has 3 fully saturated rings. The Morgan fingerprint density at radius 2 is 1.81 bits per heavy atom. The molecule has 3 saturated heterocycles. The van der Waals surface area contributed by atoms with Crippen molar-refractivity contribution in [2.75, 3.05) is 45.9 Å². The van der Waals surface area contributed by atoms with Gasteiger partial charge in [-0.15, -0.1) is 0 Å². The number of hydrogen-bond acceptors (Lipinski definition) is 5. The number of aryl methyl sites for hydroxylation is 1. The highest BCUT2D eigenvalue weighted by atomic mass is 32.2. The second-order valence-electron chi connectivity index (χ2n) is 8.50. The van der Waals surface area contributed by atoms with Crippen LogP contribution in [0.15, 0.2) is 17.0 Å². The maximum absolute atomic E-state index is 12.8. The van der Waals surface area contributed by atoms with Gasteiger partial charge in [0.2, 0.25) is 10.0 Å². The summed E-state index contributed by atoms with van der Waals surface area (Å²) in [5.74, 6) is 0. The first-order valence-electron chi connectivity index (χ1n) is 8.78. The number of rotatable bonds is 4. The van der Waals surface area contributed by atoms with E-state index in [2.05, 4.69) is 16.8 Å². The van der Waals surface area contributed by atoms with Gasteiger partial charge in [-0.3, -0.25) is 0 Å². The molecular weight excluding hydrogens is 383 g/mol. The van der Waals surface area contributed by atoms with Crippen LogP contribution in [-0.2, 0) is 20.9 Å². The lowest BCUT2D eigenvalue weighted by atomic mass is 9.73. The van der Waals surface area contributed by atoms with Gasteiger partial charge < -0.3 is 9.64 Å². The van der Waals surface area contributed by atoms with Crippen LogP contribution >= 0.6 is 0 Å². The molecule has 0 amide bonds. The van der Waals surface area contributed by atoms with E-state index in [1.807, 2.05) is 0 Å². The molecule has 0 aromatic carbocycles. The average molecular weight is 405 g/mol. The molecule has 1 aromatic rings. The van der Waals surface area contributed by atoms with Crippen molar-refractivity contribution in [3.63, 3.8) is 0 Å². The first-order valence-corrected chi connectivity index (χ1v) is 10.2. The fraction of sp³-hybridized carbons (Fsp3) is 0.706. The Kier molecular flexibility index (Phi) is 4.16. The summed E-state index contributed by atoms with van der Waals surface area (Å²) in [6, 6.07) is 1.73. The summed E-state index contributed by atoms with van der Waals surface area (Å²) in [5, 5.41) is 0. The third-order valence-corrected chi connectivity index (χ3v) is 7.52. The molecule has 0 aliphatic carbocycles. The molecule has 0 saturated carbocycles. The largest absolute Gasteiger partial charge is 0.433 e. The van der Waals surface area contributed by atoms with E-state index in [4.69, 9.17) is 4.74 Å². The van der Waals surface area contributed by atoms with E-state index in [0.717, 1.165) is 45.0 Å². The van der Waals surface area contributed by atoms with Crippen molar-refractivity contribution in [2.24, 2.45) is 10.8 Å². The van der Waals surface area contributed by atoms with Gasteiger partial charge in [0.1, 0.15) is 10.6 Å². The zero-order valence-electron chi connectivity index (χ0n) is 15.2. The van der Waals surface area contributed by atoms with Crippen LogP contribution in [0.4, 0.5) is 13.2 Å². The molecule has 150 valence electrons. The minimum Gasteiger partial charge on any atom is -0.380 e. The third-order valence-electron chi connectivity index (χ3n) is 5.59. The summed E-state index contributed by atoms with van der Waals surface area (Å²) in [7, 11) is -3.82. The molecule has 3 aliphatic heterocycles. The average Bonchev–Trinajstić information content (AvgIpc) is 2.44. The zero-order valence-corrected chi connectivity index (χ0v) is 16.0. The van der Waals surface area contributed by atoms with E-state index >= 15 is 0 Å². The van der Waals surface area contributed by atoms with E-state index in [1.165, 1.54) is 11.2 Å². The molecule has 0 radical (unpaired) electrons. The summed E-state index contributed by atoms with van der Waals surface area (Å²) >= 11 is 0. The summed E-state index contributed by atoms with van der Waals surface area (Å²) < 4.78 is 70.3. The molecular formula is C17H22F3N3O3S. The third kappa shape index (κ3) is 3.26. The number of halogens is 3. The standard InChI is InChI=1S/C17H22F3N3O3S/c1-12-13(3-4-14(21-12)17(18,19)20)27(24,25)23-8-16(9-23)6-22(7-16)5-15(2)10-26-11-15/h3-4H,5-11H2,1-2H3. The number of likely N-dealkylation sites (tertiary alicyclic amines) is 1. The molecule has 0 atom stereocenters. The molecule has 1 spiro atoms. The number of hydrogen-bond donors (Lipinski definition) is 0. The Balaban J connectivity index is 1.39. The van der Waals surface area contributed by atoms with Crippen LogP contribution in [0.1, 0.15) is 18.3 Å². The van der Waals surface area contributed by atoms with Gasteiger partial charge in [0, 0.05) is 43.6 Å². The van der Waals surface area contributed by atoms with Gasteiger partial charge >= 0.3 is 6.18 Å². The Hall–Kier alpha value is -1.23. The second-order valence-corrected chi connectivity index (χ2v) is 10.4. The van der Waals surface area contributed by atoms with Gasteiger partial charge in [0.15, 0.2) is 0 Å². The van der Waals surface area contributed by atoms with Gasteiger partial charge in [-0.05, 0) is 19.1 Å². The minimum absolute atomic E-state index is 0.0265. The molecule has 10 heteroatoms. The van der Waals surface area contributed by atoms with Crippen LogP contribution < -0.4 is 0 Å². The molecule has 4 heterocycles. The van der Waals surface area contributed by atoms with Gasteiger partial charge in [-0.2, -0.15) is 17.5 Å². The first-order chi connectivity index (χ1) is 12.4. The van der Waals surface area contributed by atoms with Crippen LogP contribution in [0, 0.1) is 17.8 Å². The summed E-state index contributed by atoms with van der Waals surface area (Å²) in [4.78, 5) is 5.60. The van der Waals surface area contributed by atoms with Gasteiger partial charge in [-0.1, -0.05) is 6.92 Å². The van der Waals surface area contributed by atoms with Crippen LogP contribution in [0.5, 0.6) is 0 Å². The Morgan fingerprint density at radius 1 is 1.19 bits per heavy atom. The van der Waals surface area contributed by atoms with Crippen molar-refractivity contribution in [1.29, 1.82) is 0 Å². The maximum atomic E-state index is 12.8. The van der Waals surface area contributed by atoms with Crippen molar-refractivity contribution in [3.8, 4) is 0 Å². The lowest BCUT2D eigenvalue weighted by Crippen LogP contribution is -2.73. The Bertz CT molecular complexity index is 854. The Labute approximate surface area is 156 Å². The highest BCUT2D eigenvalue weighted by Gasteiger charge is 2.56.